The van der Waals surface area contributed by atoms with Crippen LogP contribution in [0.2, 0.25) is 0 Å². The average Bonchev–Trinajstić information content (AvgIpc) is 2.91. The molecule has 0 spiro atoms. The van der Waals surface area contributed by atoms with Crippen LogP contribution in [0.25, 0.3) is 0 Å². The first-order chi connectivity index (χ1) is 18.4. The van der Waals surface area contributed by atoms with Crippen molar-refractivity contribution in [3.05, 3.63) is 89.8 Å². The van der Waals surface area contributed by atoms with Gasteiger partial charge < -0.3 is 4.74 Å². The quantitative estimate of drug-likeness (QED) is 0.430. The summed E-state index contributed by atoms with van der Waals surface area (Å²) in [6, 6.07) is 14.7. The number of halogens is 2. The molecule has 2 aliphatic rings. The van der Waals surface area contributed by atoms with E-state index >= 15 is 0 Å². The van der Waals surface area contributed by atoms with E-state index in [1.807, 2.05) is 24.4 Å². The topological polar surface area (TPSA) is 66.0 Å². The molecule has 0 bridgehead atoms. The van der Waals surface area contributed by atoms with Gasteiger partial charge in [0, 0.05) is 70.8 Å². The molecule has 0 radical (unpaired) electrons. The number of benzene rings is 2. The molecule has 1 aromatic heterocycles. The summed E-state index contributed by atoms with van der Waals surface area (Å²) >= 11 is 0. The lowest BCUT2D eigenvalue weighted by atomic mass is 10.1. The van der Waals surface area contributed by atoms with E-state index in [1.54, 1.807) is 6.20 Å². The fourth-order valence-electron chi connectivity index (χ4n) is 5.04. The minimum absolute atomic E-state index is 0.134. The number of nitrogens with zero attached hydrogens (tertiary/aromatic N) is 4. The maximum Gasteiger partial charge on any atom is 0.245 e. The van der Waals surface area contributed by atoms with Crippen LogP contribution in [0.1, 0.15) is 24.0 Å². The first kappa shape index (κ1) is 26.7. The molecule has 7 nitrogen and oxygen atoms in total. The number of sulfonamides is 1. The van der Waals surface area contributed by atoms with Crippen LogP contribution in [-0.2, 0) is 23.1 Å². The molecule has 0 saturated carbocycles. The number of hydrogen-bond donors (Lipinski definition) is 0. The van der Waals surface area contributed by atoms with Crippen molar-refractivity contribution < 1.29 is 21.9 Å². The maximum absolute atomic E-state index is 14.1. The van der Waals surface area contributed by atoms with E-state index < -0.39 is 26.6 Å². The molecule has 0 N–H and O–H groups in total. The van der Waals surface area contributed by atoms with Gasteiger partial charge in [-0.05, 0) is 54.3 Å². The van der Waals surface area contributed by atoms with Crippen molar-refractivity contribution in [1.29, 1.82) is 0 Å². The molecule has 0 atom stereocenters. The van der Waals surface area contributed by atoms with Crippen LogP contribution in [0.4, 0.5) is 8.78 Å². The van der Waals surface area contributed by atoms with Gasteiger partial charge in [-0.1, -0.05) is 18.2 Å². The highest BCUT2D eigenvalue weighted by Gasteiger charge is 2.32. The Hall–Kier alpha value is -2.92. The van der Waals surface area contributed by atoms with Gasteiger partial charge in [0.2, 0.25) is 10.0 Å². The van der Waals surface area contributed by atoms with E-state index in [-0.39, 0.29) is 19.2 Å². The third-order valence-electron chi connectivity index (χ3n) is 7.11. The van der Waals surface area contributed by atoms with Gasteiger partial charge in [0.25, 0.3) is 0 Å². The Morgan fingerprint density at radius 1 is 0.842 bits per heavy atom. The second-order valence-electron chi connectivity index (χ2n) is 9.86. The van der Waals surface area contributed by atoms with E-state index in [0.29, 0.717) is 18.9 Å². The second kappa shape index (κ2) is 11.9. The van der Waals surface area contributed by atoms with Crippen molar-refractivity contribution in [2.45, 2.75) is 36.9 Å². The van der Waals surface area contributed by atoms with Crippen LogP contribution in [0, 0.1) is 11.6 Å². The number of piperazine rings is 1. The predicted octanol–water partition coefficient (Wildman–Crippen LogP) is 3.91. The summed E-state index contributed by atoms with van der Waals surface area (Å²) in [7, 11) is -4.03. The first-order valence-electron chi connectivity index (χ1n) is 12.9. The molecule has 0 unspecified atom stereocenters. The zero-order chi connectivity index (χ0) is 26.5. The lowest BCUT2D eigenvalue weighted by molar-refractivity contribution is 0.121. The van der Waals surface area contributed by atoms with Crippen molar-refractivity contribution in [2.75, 3.05) is 39.3 Å². The minimum atomic E-state index is -4.03. The summed E-state index contributed by atoms with van der Waals surface area (Å²) < 4.78 is 60.4. The third-order valence-corrected chi connectivity index (χ3v) is 9.05. The van der Waals surface area contributed by atoms with E-state index in [4.69, 9.17) is 4.74 Å². The SMILES string of the molecule is O=S(=O)(c1ccc(F)cc1F)N1CCC(Oc2cccc(CN3CCN(Cc4cccnc4)CC3)c2)CC1. The Morgan fingerprint density at radius 3 is 2.18 bits per heavy atom. The lowest BCUT2D eigenvalue weighted by Gasteiger charge is -2.34. The first-order valence-corrected chi connectivity index (χ1v) is 14.4. The zero-order valence-corrected chi connectivity index (χ0v) is 22.0. The van der Waals surface area contributed by atoms with Gasteiger partial charge in [0.1, 0.15) is 28.4 Å². The highest BCUT2D eigenvalue weighted by Crippen LogP contribution is 2.26. The smallest absolute Gasteiger partial charge is 0.245 e. The van der Waals surface area contributed by atoms with Gasteiger partial charge >= 0.3 is 0 Å². The van der Waals surface area contributed by atoms with E-state index in [9.17, 15) is 17.2 Å². The number of rotatable bonds is 8. The molecule has 3 aromatic rings. The van der Waals surface area contributed by atoms with Gasteiger partial charge in [-0.2, -0.15) is 4.31 Å². The van der Waals surface area contributed by atoms with E-state index in [2.05, 4.69) is 33.0 Å². The second-order valence-corrected chi connectivity index (χ2v) is 11.8. The number of ether oxygens (including phenoxy) is 1. The largest absolute Gasteiger partial charge is 0.490 e. The van der Waals surface area contributed by atoms with Gasteiger partial charge in [0.15, 0.2) is 0 Å². The number of pyridine rings is 1. The van der Waals surface area contributed by atoms with Gasteiger partial charge in [-0.25, -0.2) is 17.2 Å². The Kier molecular flexibility index (Phi) is 8.32. The van der Waals surface area contributed by atoms with Crippen LogP contribution in [0.3, 0.4) is 0 Å². The minimum Gasteiger partial charge on any atom is -0.490 e. The van der Waals surface area contributed by atoms with E-state index in [1.165, 1.54) is 15.4 Å². The fourth-order valence-corrected chi connectivity index (χ4v) is 6.55. The van der Waals surface area contributed by atoms with E-state index in [0.717, 1.165) is 57.2 Å². The molecule has 0 amide bonds. The summed E-state index contributed by atoms with van der Waals surface area (Å²) in [6.45, 7) is 6.20. The summed E-state index contributed by atoms with van der Waals surface area (Å²) in [4.78, 5) is 8.59. The molecule has 2 saturated heterocycles. The summed E-state index contributed by atoms with van der Waals surface area (Å²) in [6.07, 6.45) is 4.57. The highest BCUT2D eigenvalue weighted by molar-refractivity contribution is 7.89. The van der Waals surface area contributed by atoms with Crippen molar-refractivity contribution in [2.24, 2.45) is 0 Å². The van der Waals surface area contributed by atoms with Crippen LogP contribution in [0.15, 0.2) is 71.9 Å². The summed E-state index contributed by atoms with van der Waals surface area (Å²) in [5, 5.41) is 0. The Bertz CT molecular complexity index is 1330. The molecular weight excluding hydrogens is 510 g/mol. The fraction of sp³-hybridized carbons (Fsp3) is 0.393. The molecule has 5 rings (SSSR count). The Morgan fingerprint density at radius 2 is 1.53 bits per heavy atom. The van der Waals surface area contributed by atoms with Crippen molar-refractivity contribution in [3.63, 3.8) is 0 Å². The summed E-state index contributed by atoms with van der Waals surface area (Å²) in [5.74, 6) is -1.11. The molecule has 38 heavy (non-hydrogen) atoms. The maximum atomic E-state index is 14.1. The van der Waals surface area contributed by atoms with Crippen LogP contribution < -0.4 is 4.74 Å². The molecule has 3 heterocycles. The van der Waals surface area contributed by atoms with Gasteiger partial charge in [-0.3, -0.25) is 14.8 Å². The molecule has 10 heteroatoms. The van der Waals surface area contributed by atoms with Crippen LogP contribution in [0.5, 0.6) is 5.75 Å². The molecule has 202 valence electrons. The van der Waals surface area contributed by atoms with Crippen molar-refractivity contribution in [1.82, 2.24) is 19.1 Å². The summed E-state index contributed by atoms with van der Waals surface area (Å²) in [5.41, 5.74) is 2.41. The highest BCUT2D eigenvalue weighted by atomic mass is 32.2. The van der Waals surface area contributed by atoms with Gasteiger partial charge in [0.05, 0.1) is 0 Å². The molecule has 0 aliphatic carbocycles. The van der Waals surface area contributed by atoms with Gasteiger partial charge in [-0.15, -0.1) is 0 Å². The van der Waals surface area contributed by atoms with Crippen molar-refractivity contribution >= 4 is 10.0 Å². The number of aromatic nitrogens is 1. The zero-order valence-electron chi connectivity index (χ0n) is 21.2. The van der Waals surface area contributed by atoms with Crippen molar-refractivity contribution in [3.8, 4) is 5.75 Å². The predicted molar refractivity (Wildman–Crippen MR) is 140 cm³/mol. The monoisotopic (exact) mass is 542 g/mol. The van der Waals surface area contributed by atoms with Crippen LogP contribution in [-0.4, -0.2) is 72.9 Å². The lowest BCUT2D eigenvalue weighted by Crippen LogP contribution is -2.45. The van der Waals surface area contributed by atoms with Crippen LogP contribution >= 0.6 is 0 Å². The molecular formula is C28H32F2N4O3S. The number of piperidine rings is 1. The Labute approximate surface area is 222 Å². The third kappa shape index (κ3) is 6.55. The average molecular weight is 543 g/mol. The Balaban J connectivity index is 1.10. The normalized spacial score (nSPS) is 18.5. The molecule has 2 aromatic carbocycles. The number of hydrogen-bond acceptors (Lipinski definition) is 6. The standard InChI is InChI=1S/C28H32F2N4O3S/c29-24-6-7-28(27(30)18-24)38(35,36)34-11-8-25(9-12-34)37-26-5-1-3-22(17-26)20-32-13-15-33(16-14-32)21-23-4-2-10-31-19-23/h1-7,10,17-19,25H,8-9,11-16,20-21H2. The molecule has 2 aliphatic heterocycles. The molecule has 2 fully saturated rings.